The summed E-state index contributed by atoms with van der Waals surface area (Å²) in [4.78, 5) is 14.4. The largest absolute Gasteiger partial charge is 0.386 e. The van der Waals surface area contributed by atoms with E-state index in [4.69, 9.17) is 27.9 Å². The normalized spacial score (nSPS) is 17.7. The molecule has 0 bridgehead atoms. The van der Waals surface area contributed by atoms with Gasteiger partial charge in [0.1, 0.15) is 5.82 Å². The van der Waals surface area contributed by atoms with Crippen LogP contribution in [0.5, 0.6) is 0 Å². The SMILES string of the molecule is CCCC[C@H]1C(C(C)(C)O)=C(N(CCOC)C(C)=O)N1S(=O)c1cc(Cl)cc(Cl)c1. The highest BCUT2D eigenvalue weighted by Crippen LogP contribution is 2.44. The standard InChI is InChI=1S/C21H30Cl2N2O4S/c1-6-7-8-18-19(21(3,4)27)20(24(14(2)26)9-10-29-5)25(18)30(28)17-12-15(22)11-16(23)13-17/h11-13,18,27H,6-10H2,1-5H3/t18-,30?/m0/s1. The molecule has 1 amide bonds. The molecule has 1 aliphatic heterocycles. The molecular weight excluding hydrogens is 447 g/mol. The van der Waals surface area contributed by atoms with Gasteiger partial charge < -0.3 is 9.84 Å². The molecular formula is C21H30Cl2N2O4S. The first kappa shape index (κ1) is 25.1. The molecule has 9 heteroatoms. The first-order valence-electron chi connectivity index (χ1n) is 9.94. The van der Waals surface area contributed by atoms with Crippen molar-refractivity contribution in [1.29, 1.82) is 0 Å². The Labute approximate surface area is 191 Å². The van der Waals surface area contributed by atoms with Gasteiger partial charge in [-0.25, -0.2) is 4.21 Å². The molecule has 6 nitrogen and oxygen atoms in total. The van der Waals surface area contributed by atoms with E-state index >= 15 is 0 Å². The zero-order valence-electron chi connectivity index (χ0n) is 18.1. The number of rotatable bonds is 10. The van der Waals surface area contributed by atoms with E-state index in [0.717, 1.165) is 12.8 Å². The Morgan fingerprint density at radius 1 is 1.30 bits per heavy atom. The lowest BCUT2D eigenvalue weighted by atomic mass is 9.83. The Kier molecular flexibility index (Phi) is 8.77. The Bertz CT molecular complexity index is 819. The van der Waals surface area contributed by atoms with Gasteiger partial charge in [-0.3, -0.25) is 14.0 Å². The highest BCUT2D eigenvalue weighted by Gasteiger charge is 2.49. The quantitative estimate of drug-likeness (QED) is 0.544. The number of amides is 1. The lowest BCUT2D eigenvalue weighted by molar-refractivity contribution is -0.129. The predicted molar refractivity (Wildman–Crippen MR) is 121 cm³/mol. The van der Waals surface area contributed by atoms with Gasteiger partial charge in [0.15, 0.2) is 11.0 Å². The fourth-order valence-corrected chi connectivity index (χ4v) is 5.74. The van der Waals surface area contributed by atoms with E-state index < -0.39 is 16.6 Å². The Morgan fingerprint density at radius 3 is 2.37 bits per heavy atom. The second-order valence-corrected chi connectivity index (χ2v) is 10.0. The molecule has 2 atom stereocenters. The van der Waals surface area contributed by atoms with E-state index in [1.54, 1.807) is 43.5 Å². The smallest absolute Gasteiger partial charge is 0.225 e. The van der Waals surface area contributed by atoms with Crippen LogP contribution in [0.25, 0.3) is 0 Å². The Morgan fingerprint density at radius 2 is 1.90 bits per heavy atom. The number of hydrogen-bond acceptors (Lipinski definition) is 4. The summed E-state index contributed by atoms with van der Waals surface area (Å²) in [7, 11) is -0.109. The van der Waals surface area contributed by atoms with E-state index in [1.807, 2.05) is 0 Å². The summed E-state index contributed by atoms with van der Waals surface area (Å²) >= 11 is 12.3. The first-order valence-corrected chi connectivity index (χ1v) is 11.8. The molecule has 30 heavy (non-hydrogen) atoms. The third-order valence-electron chi connectivity index (χ3n) is 4.93. The van der Waals surface area contributed by atoms with E-state index in [9.17, 15) is 14.1 Å². The van der Waals surface area contributed by atoms with Crippen molar-refractivity contribution in [2.45, 2.75) is 63.5 Å². The minimum Gasteiger partial charge on any atom is -0.386 e. The van der Waals surface area contributed by atoms with Crippen molar-refractivity contribution in [2.24, 2.45) is 0 Å². The minimum atomic E-state index is -1.66. The van der Waals surface area contributed by atoms with Crippen molar-refractivity contribution >= 4 is 40.1 Å². The predicted octanol–water partition coefficient (Wildman–Crippen LogP) is 4.37. The number of ether oxygens (including phenoxy) is 1. The van der Waals surface area contributed by atoms with E-state index in [0.29, 0.717) is 39.4 Å². The zero-order chi connectivity index (χ0) is 22.6. The maximum atomic E-state index is 13.6. The van der Waals surface area contributed by atoms with Gasteiger partial charge in [0.05, 0.1) is 29.7 Å². The van der Waals surface area contributed by atoms with Gasteiger partial charge in [0.2, 0.25) is 5.91 Å². The van der Waals surface area contributed by atoms with Crippen molar-refractivity contribution < 1.29 is 18.8 Å². The molecule has 0 aliphatic carbocycles. The molecule has 1 aromatic carbocycles. The Balaban J connectivity index is 2.60. The number of nitrogens with zero attached hydrogens (tertiary/aromatic N) is 2. The van der Waals surface area contributed by atoms with Gasteiger partial charge in [-0.15, -0.1) is 0 Å². The lowest BCUT2D eigenvalue weighted by Gasteiger charge is -2.51. The van der Waals surface area contributed by atoms with Crippen LogP contribution in [0.15, 0.2) is 34.5 Å². The molecule has 0 saturated carbocycles. The van der Waals surface area contributed by atoms with Gasteiger partial charge in [-0.1, -0.05) is 43.0 Å². The van der Waals surface area contributed by atoms with Gasteiger partial charge in [0, 0.05) is 29.7 Å². The van der Waals surface area contributed by atoms with Crippen LogP contribution in [0.3, 0.4) is 0 Å². The van der Waals surface area contributed by atoms with Crippen molar-refractivity contribution in [3.8, 4) is 0 Å². The number of unbranched alkanes of at least 4 members (excludes halogenated alkanes) is 1. The molecule has 0 aromatic heterocycles. The van der Waals surface area contributed by atoms with Gasteiger partial charge in [-0.2, -0.15) is 0 Å². The molecule has 1 heterocycles. The number of hydrogen-bond donors (Lipinski definition) is 1. The number of methoxy groups -OCH3 is 1. The van der Waals surface area contributed by atoms with E-state index in [2.05, 4.69) is 6.92 Å². The molecule has 168 valence electrons. The fraction of sp³-hybridized carbons (Fsp3) is 0.571. The summed E-state index contributed by atoms with van der Waals surface area (Å²) in [6, 6.07) is 4.51. The summed E-state index contributed by atoms with van der Waals surface area (Å²) in [5, 5.41) is 11.7. The molecule has 0 spiro atoms. The highest BCUT2D eigenvalue weighted by molar-refractivity contribution is 7.83. The van der Waals surface area contributed by atoms with Crippen LogP contribution < -0.4 is 0 Å². The Hall–Kier alpha value is -1.12. The van der Waals surface area contributed by atoms with Crippen molar-refractivity contribution in [3.05, 3.63) is 39.6 Å². The maximum Gasteiger partial charge on any atom is 0.225 e. The van der Waals surface area contributed by atoms with Crippen LogP contribution in [0, 0.1) is 0 Å². The molecule has 0 fully saturated rings. The van der Waals surface area contributed by atoms with Crippen molar-refractivity contribution in [3.63, 3.8) is 0 Å². The van der Waals surface area contributed by atoms with Crippen LogP contribution in [0.2, 0.25) is 10.0 Å². The third kappa shape index (κ3) is 5.56. The summed E-state index contributed by atoms with van der Waals surface area (Å²) in [5.41, 5.74) is -0.481. The molecule has 1 N–H and O–H groups in total. The number of carbonyl (C=O) groups is 1. The zero-order valence-corrected chi connectivity index (χ0v) is 20.4. The molecule has 2 rings (SSSR count). The van der Waals surface area contributed by atoms with Gasteiger partial charge in [-0.05, 0) is 38.5 Å². The number of halogens is 2. The summed E-state index contributed by atoms with van der Waals surface area (Å²) in [5.74, 6) is 0.242. The first-order chi connectivity index (χ1) is 14.0. The van der Waals surface area contributed by atoms with Gasteiger partial charge >= 0.3 is 0 Å². The van der Waals surface area contributed by atoms with Crippen LogP contribution in [-0.2, 0) is 20.5 Å². The summed E-state index contributed by atoms with van der Waals surface area (Å²) < 4.78 is 20.5. The van der Waals surface area contributed by atoms with Crippen LogP contribution in [-0.4, -0.2) is 56.3 Å². The summed E-state index contributed by atoms with van der Waals surface area (Å²) in [6.07, 6.45) is 2.55. The maximum absolute atomic E-state index is 13.6. The molecule has 1 aliphatic rings. The molecule has 0 saturated heterocycles. The fourth-order valence-electron chi connectivity index (χ4n) is 3.60. The average Bonchev–Trinajstić information content (AvgIpc) is 2.60. The monoisotopic (exact) mass is 476 g/mol. The second-order valence-electron chi connectivity index (χ2n) is 7.80. The second kappa shape index (κ2) is 10.5. The highest BCUT2D eigenvalue weighted by atomic mass is 35.5. The van der Waals surface area contributed by atoms with Gasteiger partial charge in [0.25, 0.3) is 0 Å². The lowest BCUT2D eigenvalue weighted by Crippen LogP contribution is -2.58. The van der Waals surface area contributed by atoms with E-state index in [1.165, 1.54) is 11.8 Å². The molecule has 0 radical (unpaired) electrons. The minimum absolute atomic E-state index is 0.219. The molecule has 1 unspecified atom stereocenters. The number of carbonyl (C=O) groups excluding carboxylic acids is 1. The van der Waals surface area contributed by atoms with Crippen LogP contribution >= 0.6 is 23.2 Å². The average molecular weight is 477 g/mol. The van der Waals surface area contributed by atoms with E-state index in [-0.39, 0.29) is 18.5 Å². The van der Waals surface area contributed by atoms with Crippen molar-refractivity contribution in [2.75, 3.05) is 20.3 Å². The number of aliphatic hydroxyl groups is 1. The third-order valence-corrected chi connectivity index (χ3v) is 6.79. The summed E-state index contributed by atoms with van der Waals surface area (Å²) in [6.45, 7) is 7.49. The van der Waals surface area contributed by atoms with Crippen LogP contribution in [0.1, 0.15) is 47.0 Å². The van der Waals surface area contributed by atoms with Crippen LogP contribution in [0.4, 0.5) is 0 Å². The topological polar surface area (TPSA) is 70.1 Å². The van der Waals surface area contributed by atoms with Crippen molar-refractivity contribution in [1.82, 2.24) is 9.21 Å². The number of benzene rings is 1. The molecule has 1 aromatic rings.